The van der Waals surface area contributed by atoms with Crippen LogP contribution in [0.25, 0.3) is 0 Å². The molecule has 0 radical (unpaired) electrons. The lowest BCUT2D eigenvalue weighted by atomic mass is 10.3. The maximum atomic E-state index is 13.0. The summed E-state index contributed by atoms with van der Waals surface area (Å²) in [6, 6.07) is 14.3. The van der Waals surface area contributed by atoms with Crippen molar-refractivity contribution in [1.29, 1.82) is 0 Å². The van der Waals surface area contributed by atoms with Gasteiger partial charge in [-0.3, -0.25) is 4.79 Å². The van der Waals surface area contributed by atoms with E-state index in [0.717, 1.165) is 0 Å². The Morgan fingerprint density at radius 3 is 2.52 bits per heavy atom. The van der Waals surface area contributed by atoms with Crippen molar-refractivity contribution >= 4 is 34.8 Å². The number of halogens is 2. The number of nitrogens with zero attached hydrogens (tertiary/aromatic N) is 2. The minimum Gasteiger partial charge on any atom is -0.324 e. The Bertz CT molecular complexity index is 915. The molecular formula is C18H14ClFN4O. The largest absolute Gasteiger partial charge is 0.324 e. The first-order valence-electron chi connectivity index (χ1n) is 7.45. The molecule has 25 heavy (non-hydrogen) atoms. The minimum absolute atomic E-state index is 0.192. The molecule has 0 fully saturated rings. The lowest BCUT2D eigenvalue weighted by Crippen LogP contribution is -2.15. The number of rotatable bonds is 4. The fraction of sp³-hybridized carbons (Fsp3) is 0.0556. The van der Waals surface area contributed by atoms with Crippen LogP contribution >= 0.6 is 11.6 Å². The monoisotopic (exact) mass is 356 g/mol. The van der Waals surface area contributed by atoms with E-state index >= 15 is 0 Å². The first-order chi connectivity index (χ1) is 12.0. The third-order valence-corrected chi connectivity index (χ3v) is 3.64. The third kappa shape index (κ3) is 4.30. The van der Waals surface area contributed by atoms with Gasteiger partial charge in [-0.2, -0.15) is 0 Å². The summed E-state index contributed by atoms with van der Waals surface area (Å²) in [5, 5.41) is 6.10. The molecule has 1 heterocycles. The highest BCUT2D eigenvalue weighted by atomic mass is 35.5. The number of hydrogen-bond acceptors (Lipinski definition) is 4. The van der Waals surface area contributed by atoms with E-state index in [4.69, 9.17) is 11.6 Å². The summed E-state index contributed by atoms with van der Waals surface area (Å²) in [6.45, 7) is 1.75. The first kappa shape index (κ1) is 16.9. The van der Waals surface area contributed by atoms with Gasteiger partial charge in [0.1, 0.15) is 11.5 Å². The molecule has 1 amide bonds. The highest BCUT2D eigenvalue weighted by Gasteiger charge is 2.12. The molecule has 5 nitrogen and oxygen atoms in total. The number of para-hydroxylation sites is 1. The summed E-state index contributed by atoms with van der Waals surface area (Å²) >= 11 is 6.05. The zero-order chi connectivity index (χ0) is 17.8. The van der Waals surface area contributed by atoms with Gasteiger partial charge in [0.05, 0.1) is 10.7 Å². The highest BCUT2D eigenvalue weighted by molar-refractivity contribution is 6.33. The van der Waals surface area contributed by atoms with E-state index in [-0.39, 0.29) is 17.5 Å². The maximum Gasteiger partial charge on any atom is 0.274 e. The zero-order valence-corrected chi connectivity index (χ0v) is 14.0. The molecule has 0 saturated heterocycles. The van der Waals surface area contributed by atoms with Crippen LogP contribution in [0.5, 0.6) is 0 Å². The van der Waals surface area contributed by atoms with Crippen LogP contribution in [0, 0.1) is 12.7 Å². The molecule has 2 N–H and O–H groups in total. The molecular weight excluding hydrogens is 343 g/mol. The van der Waals surface area contributed by atoms with E-state index in [0.29, 0.717) is 22.1 Å². The number of aryl methyl sites for hydroxylation is 1. The van der Waals surface area contributed by atoms with Gasteiger partial charge in [0, 0.05) is 11.4 Å². The van der Waals surface area contributed by atoms with Gasteiger partial charge >= 0.3 is 0 Å². The molecule has 7 heteroatoms. The first-order valence-corrected chi connectivity index (χ1v) is 7.83. The van der Waals surface area contributed by atoms with E-state index < -0.39 is 5.91 Å². The number of nitrogens with one attached hydrogen (secondary N) is 2. The van der Waals surface area contributed by atoms with Crippen molar-refractivity contribution in [3.05, 3.63) is 76.8 Å². The maximum absolute atomic E-state index is 13.0. The van der Waals surface area contributed by atoms with Crippen LogP contribution < -0.4 is 10.6 Å². The Morgan fingerprint density at radius 1 is 1.08 bits per heavy atom. The van der Waals surface area contributed by atoms with Gasteiger partial charge in [-0.05, 0) is 49.4 Å². The molecule has 0 bridgehead atoms. The number of aromatic nitrogens is 2. The van der Waals surface area contributed by atoms with Crippen molar-refractivity contribution in [3.8, 4) is 0 Å². The van der Waals surface area contributed by atoms with E-state index in [1.807, 2.05) is 0 Å². The zero-order valence-electron chi connectivity index (χ0n) is 13.3. The second-order valence-corrected chi connectivity index (χ2v) is 5.69. The van der Waals surface area contributed by atoms with Gasteiger partial charge in [-0.25, -0.2) is 14.4 Å². The molecule has 0 spiro atoms. The van der Waals surface area contributed by atoms with Crippen molar-refractivity contribution in [3.63, 3.8) is 0 Å². The standard InChI is InChI=1S/C18H14ClFN4O/c1-11-10-16(17(25)23-15-5-3-2-4-14(15)19)24-18(21-11)22-13-8-6-12(20)7-9-13/h2-10H,1H3,(H,23,25)(H,21,22,24). The average molecular weight is 357 g/mol. The summed E-state index contributed by atoms with van der Waals surface area (Å²) in [5.74, 6) is -0.493. The van der Waals surface area contributed by atoms with Crippen LogP contribution in [0.2, 0.25) is 5.02 Å². The van der Waals surface area contributed by atoms with Crippen LogP contribution in [0.3, 0.4) is 0 Å². The number of hydrogen-bond donors (Lipinski definition) is 2. The van der Waals surface area contributed by atoms with Crippen molar-refractivity contribution < 1.29 is 9.18 Å². The summed E-state index contributed by atoms with van der Waals surface area (Å²) in [4.78, 5) is 20.9. The summed E-state index contributed by atoms with van der Waals surface area (Å²) in [5.41, 5.74) is 1.92. The number of carbonyl (C=O) groups excluding carboxylic acids is 1. The molecule has 3 rings (SSSR count). The van der Waals surface area contributed by atoms with Crippen molar-refractivity contribution in [2.45, 2.75) is 6.92 Å². The smallest absolute Gasteiger partial charge is 0.274 e. The van der Waals surface area contributed by atoms with Gasteiger partial charge in [0.25, 0.3) is 5.91 Å². The molecule has 3 aromatic rings. The lowest BCUT2D eigenvalue weighted by Gasteiger charge is -2.09. The Morgan fingerprint density at radius 2 is 1.80 bits per heavy atom. The van der Waals surface area contributed by atoms with E-state index in [9.17, 15) is 9.18 Å². The van der Waals surface area contributed by atoms with Crippen LogP contribution in [0.15, 0.2) is 54.6 Å². The van der Waals surface area contributed by atoms with Crippen LogP contribution in [0.4, 0.5) is 21.7 Å². The van der Waals surface area contributed by atoms with Gasteiger partial charge in [-0.1, -0.05) is 23.7 Å². The van der Waals surface area contributed by atoms with E-state index in [1.165, 1.54) is 12.1 Å². The summed E-state index contributed by atoms with van der Waals surface area (Å²) < 4.78 is 13.0. The summed E-state index contributed by atoms with van der Waals surface area (Å²) in [7, 11) is 0. The van der Waals surface area contributed by atoms with Gasteiger partial charge in [0.15, 0.2) is 0 Å². The van der Waals surface area contributed by atoms with Crippen LogP contribution in [0.1, 0.15) is 16.2 Å². The van der Waals surface area contributed by atoms with Crippen LogP contribution in [-0.4, -0.2) is 15.9 Å². The van der Waals surface area contributed by atoms with Crippen LogP contribution in [-0.2, 0) is 0 Å². The number of amides is 1. The molecule has 0 unspecified atom stereocenters. The quantitative estimate of drug-likeness (QED) is 0.718. The molecule has 0 aliphatic heterocycles. The van der Waals surface area contributed by atoms with E-state index in [2.05, 4.69) is 20.6 Å². The fourth-order valence-corrected chi connectivity index (χ4v) is 2.33. The normalized spacial score (nSPS) is 10.4. The van der Waals surface area contributed by atoms with E-state index in [1.54, 1.807) is 49.4 Å². The number of carbonyl (C=O) groups is 1. The molecule has 126 valence electrons. The Balaban J connectivity index is 1.82. The van der Waals surface area contributed by atoms with Crippen molar-refractivity contribution in [1.82, 2.24) is 9.97 Å². The Hall–Kier alpha value is -2.99. The third-order valence-electron chi connectivity index (χ3n) is 3.31. The van der Waals surface area contributed by atoms with Crippen molar-refractivity contribution in [2.75, 3.05) is 10.6 Å². The topological polar surface area (TPSA) is 66.9 Å². The predicted octanol–water partition coefficient (Wildman–Crippen LogP) is 4.57. The average Bonchev–Trinajstić information content (AvgIpc) is 2.58. The minimum atomic E-state index is -0.402. The summed E-state index contributed by atoms with van der Waals surface area (Å²) in [6.07, 6.45) is 0. The molecule has 0 atom stereocenters. The molecule has 1 aromatic heterocycles. The predicted molar refractivity (Wildman–Crippen MR) is 95.9 cm³/mol. The SMILES string of the molecule is Cc1cc(C(=O)Nc2ccccc2Cl)nc(Nc2ccc(F)cc2)n1. The molecule has 0 aliphatic rings. The second-order valence-electron chi connectivity index (χ2n) is 5.28. The Labute approximate surface area is 148 Å². The van der Waals surface area contributed by atoms with Crippen molar-refractivity contribution in [2.24, 2.45) is 0 Å². The molecule has 0 aliphatic carbocycles. The van der Waals surface area contributed by atoms with Gasteiger partial charge in [-0.15, -0.1) is 0 Å². The fourth-order valence-electron chi connectivity index (χ4n) is 2.15. The number of anilines is 3. The lowest BCUT2D eigenvalue weighted by molar-refractivity contribution is 0.102. The highest BCUT2D eigenvalue weighted by Crippen LogP contribution is 2.21. The van der Waals surface area contributed by atoms with Gasteiger partial charge < -0.3 is 10.6 Å². The number of benzene rings is 2. The second kappa shape index (κ2) is 7.27. The van der Waals surface area contributed by atoms with Gasteiger partial charge in [0.2, 0.25) is 5.95 Å². The Kier molecular flexibility index (Phi) is 4.90. The molecule has 0 saturated carbocycles. The molecule has 2 aromatic carbocycles.